The SMILES string of the molecule is C=C1c2ccccc2C(=O)N1[C@@H](C)C(=O)Nc1ccccc1O. The summed E-state index contributed by atoms with van der Waals surface area (Å²) in [6.45, 7) is 5.56. The van der Waals surface area contributed by atoms with Gasteiger partial charge in [-0.25, -0.2) is 0 Å². The van der Waals surface area contributed by atoms with E-state index in [1.807, 2.05) is 12.1 Å². The third-order valence-corrected chi connectivity index (χ3v) is 3.91. The number of carbonyl (C=O) groups excluding carboxylic acids is 2. The molecule has 116 valence electrons. The second-order valence-electron chi connectivity index (χ2n) is 5.35. The van der Waals surface area contributed by atoms with E-state index in [1.54, 1.807) is 37.3 Å². The van der Waals surface area contributed by atoms with Gasteiger partial charge in [0.1, 0.15) is 11.8 Å². The average molecular weight is 308 g/mol. The Morgan fingerprint density at radius 3 is 2.39 bits per heavy atom. The van der Waals surface area contributed by atoms with Crippen LogP contribution in [0.25, 0.3) is 5.70 Å². The minimum atomic E-state index is -0.748. The number of aromatic hydroxyl groups is 1. The number of fused-ring (bicyclic) bond motifs is 1. The van der Waals surface area contributed by atoms with Crippen molar-refractivity contribution in [3.63, 3.8) is 0 Å². The van der Waals surface area contributed by atoms with E-state index < -0.39 is 11.9 Å². The maximum Gasteiger partial charge on any atom is 0.259 e. The molecule has 3 rings (SSSR count). The maximum atomic E-state index is 12.5. The van der Waals surface area contributed by atoms with Crippen molar-refractivity contribution in [2.24, 2.45) is 0 Å². The molecule has 5 nitrogen and oxygen atoms in total. The Morgan fingerprint density at radius 1 is 1.13 bits per heavy atom. The van der Waals surface area contributed by atoms with Crippen LogP contribution in [0.1, 0.15) is 22.8 Å². The molecule has 0 bridgehead atoms. The van der Waals surface area contributed by atoms with Crippen LogP contribution >= 0.6 is 0 Å². The van der Waals surface area contributed by atoms with Gasteiger partial charge in [0, 0.05) is 16.8 Å². The summed E-state index contributed by atoms with van der Waals surface area (Å²) in [4.78, 5) is 26.3. The normalized spacial score (nSPS) is 14.6. The number of amides is 2. The van der Waals surface area contributed by atoms with Crippen LogP contribution in [-0.2, 0) is 4.79 Å². The third-order valence-electron chi connectivity index (χ3n) is 3.91. The van der Waals surface area contributed by atoms with E-state index in [1.165, 1.54) is 11.0 Å². The lowest BCUT2D eigenvalue weighted by Gasteiger charge is -2.24. The molecule has 1 aliphatic heterocycles. The molecule has 0 fully saturated rings. The van der Waals surface area contributed by atoms with E-state index in [-0.39, 0.29) is 11.7 Å². The van der Waals surface area contributed by atoms with Crippen LogP contribution in [0.3, 0.4) is 0 Å². The summed E-state index contributed by atoms with van der Waals surface area (Å²) in [5.41, 5.74) is 2.09. The van der Waals surface area contributed by atoms with E-state index in [9.17, 15) is 14.7 Å². The lowest BCUT2D eigenvalue weighted by molar-refractivity contribution is -0.119. The topological polar surface area (TPSA) is 69.6 Å². The number of hydrogen-bond acceptors (Lipinski definition) is 3. The summed E-state index contributed by atoms with van der Waals surface area (Å²) in [7, 11) is 0. The van der Waals surface area contributed by atoms with Crippen molar-refractivity contribution in [2.45, 2.75) is 13.0 Å². The number of hydrogen-bond donors (Lipinski definition) is 2. The number of para-hydroxylation sites is 2. The van der Waals surface area contributed by atoms with Crippen molar-refractivity contribution in [3.05, 3.63) is 66.2 Å². The van der Waals surface area contributed by atoms with E-state index in [4.69, 9.17) is 0 Å². The first-order chi connectivity index (χ1) is 11.0. The standard InChI is InChI=1S/C18H16N2O3/c1-11-13-7-3-4-8-14(13)18(23)20(11)12(2)17(22)19-15-9-5-6-10-16(15)21/h3-10,12,21H,1H2,2H3,(H,19,22)/t12-/m0/s1. The van der Waals surface area contributed by atoms with Crippen LogP contribution in [0, 0.1) is 0 Å². The average Bonchev–Trinajstić information content (AvgIpc) is 2.81. The lowest BCUT2D eigenvalue weighted by atomic mass is 10.1. The van der Waals surface area contributed by atoms with Gasteiger partial charge in [-0.3, -0.25) is 14.5 Å². The quantitative estimate of drug-likeness (QED) is 0.857. The Kier molecular flexibility index (Phi) is 3.62. The predicted molar refractivity (Wildman–Crippen MR) is 87.8 cm³/mol. The highest BCUT2D eigenvalue weighted by Gasteiger charge is 2.36. The molecular weight excluding hydrogens is 292 g/mol. The zero-order valence-corrected chi connectivity index (χ0v) is 12.6. The minimum Gasteiger partial charge on any atom is -0.506 e. The number of benzene rings is 2. The number of phenols is 1. The summed E-state index contributed by atoms with van der Waals surface area (Å²) in [6.07, 6.45) is 0. The molecule has 0 aliphatic carbocycles. The largest absolute Gasteiger partial charge is 0.506 e. The highest BCUT2D eigenvalue weighted by molar-refractivity contribution is 6.12. The molecule has 0 saturated heterocycles. The summed E-state index contributed by atoms with van der Waals surface area (Å²) in [5.74, 6) is -0.665. The fourth-order valence-corrected chi connectivity index (χ4v) is 2.65. The molecule has 2 aromatic rings. The molecular formula is C18H16N2O3. The summed E-state index contributed by atoms with van der Waals surface area (Å²) in [5, 5.41) is 12.4. The molecule has 1 atom stereocenters. The number of phenolic OH excluding ortho intramolecular Hbond substituents is 1. The van der Waals surface area contributed by atoms with Crippen LogP contribution in [0.4, 0.5) is 5.69 Å². The van der Waals surface area contributed by atoms with Crippen LogP contribution < -0.4 is 5.32 Å². The van der Waals surface area contributed by atoms with Crippen LogP contribution in [0.5, 0.6) is 5.75 Å². The molecule has 0 aromatic heterocycles. The summed E-state index contributed by atoms with van der Waals surface area (Å²) < 4.78 is 0. The first kappa shape index (κ1) is 14.8. The molecule has 1 aliphatic rings. The van der Waals surface area contributed by atoms with E-state index >= 15 is 0 Å². The fourth-order valence-electron chi connectivity index (χ4n) is 2.65. The van der Waals surface area contributed by atoms with Gasteiger partial charge in [-0.1, -0.05) is 36.9 Å². The van der Waals surface area contributed by atoms with Gasteiger partial charge >= 0.3 is 0 Å². The molecule has 0 unspecified atom stereocenters. The van der Waals surface area contributed by atoms with Gasteiger partial charge in [0.2, 0.25) is 5.91 Å². The van der Waals surface area contributed by atoms with Gasteiger partial charge in [-0.2, -0.15) is 0 Å². The van der Waals surface area contributed by atoms with Crippen molar-refractivity contribution in [1.29, 1.82) is 0 Å². The van der Waals surface area contributed by atoms with E-state index in [0.29, 0.717) is 16.9 Å². The summed E-state index contributed by atoms with van der Waals surface area (Å²) >= 11 is 0. The van der Waals surface area contributed by atoms with Gasteiger partial charge in [-0.15, -0.1) is 0 Å². The molecule has 0 spiro atoms. The van der Waals surface area contributed by atoms with Crippen LogP contribution in [0.15, 0.2) is 55.1 Å². The molecule has 0 radical (unpaired) electrons. The first-order valence-electron chi connectivity index (χ1n) is 7.21. The van der Waals surface area contributed by atoms with Gasteiger partial charge < -0.3 is 10.4 Å². The zero-order valence-electron chi connectivity index (χ0n) is 12.6. The molecule has 2 N–H and O–H groups in total. The third kappa shape index (κ3) is 2.46. The number of carbonyl (C=O) groups is 2. The highest BCUT2D eigenvalue weighted by atomic mass is 16.3. The van der Waals surface area contributed by atoms with Crippen molar-refractivity contribution in [1.82, 2.24) is 4.90 Å². The molecule has 5 heteroatoms. The maximum absolute atomic E-state index is 12.5. The van der Waals surface area contributed by atoms with E-state index in [2.05, 4.69) is 11.9 Å². The first-order valence-corrected chi connectivity index (χ1v) is 7.21. The Balaban J connectivity index is 1.83. The predicted octanol–water partition coefficient (Wildman–Crippen LogP) is 2.85. The van der Waals surface area contributed by atoms with Crippen molar-refractivity contribution in [3.8, 4) is 5.75 Å². The fraction of sp³-hybridized carbons (Fsp3) is 0.111. The number of rotatable bonds is 3. The molecule has 1 heterocycles. The second-order valence-corrected chi connectivity index (χ2v) is 5.35. The lowest BCUT2D eigenvalue weighted by Crippen LogP contribution is -2.41. The van der Waals surface area contributed by atoms with Crippen LogP contribution in [0.2, 0.25) is 0 Å². The zero-order chi connectivity index (χ0) is 16.6. The van der Waals surface area contributed by atoms with Crippen molar-refractivity contribution >= 4 is 23.2 Å². The number of anilines is 1. The monoisotopic (exact) mass is 308 g/mol. The molecule has 2 amide bonds. The second kappa shape index (κ2) is 5.61. The molecule has 0 saturated carbocycles. The number of nitrogens with zero attached hydrogens (tertiary/aromatic N) is 1. The smallest absolute Gasteiger partial charge is 0.259 e. The van der Waals surface area contributed by atoms with E-state index in [0.717, 1.165) is 5.56 Å². The van der Waals surface area contributed by atoms with Gasteiger partial charge in [0.25, 0.3) is 5.91 Å². The highest BCUT2D eigenvalue weighted by Crippen LogP contribution is 2.33. The van der Waals surface area contributed by atoms with Gasteiger partial charge in [0.15, 0.2) is 0 Å². The Labute approximate surface area is 133 Å². The number of nitrogens with one attached hydrogen (secondary N) is 1. The minimum absolute atomic E-state index is 0.0251. The Morgan fingerprint density at radius 2 is 1.74 bits per heavy atom. The van der Waals surface area contributed by atoms with Gasteiger partial charge in [-0.05, 0) is 25.1 Å². The van der Waals surface area contributed by atoms with Crippen LogP contribution in [-0.4, -0.2) is 27.9 Å². The van der Waals surface area contributed by atoms with Crippen molar-refractivity contribution < 1.29 is 14.7 Å². The molecule has 2 aromatic carbocycles. The van der Waals surface area contributed by atoms with Crippen molar-refractivity contribution in [2.75, 3.05) is 5.32 Å². The van der Waals surface area contributed by atoms with Gasteiger partial charge in [0.05, 0.1) is 5.69 Å². The summed E-state index contributed by atoms with van der Waals surface area (Å²) in [6, 6.07) is 12.8. The Hall–Kier alpha value is -3.08. The Bertz CT molecular complexity index is 778. The molecule has 23 heavy (non-hydrogen) atoms.